The average Bonchev–Trinajstić information content (AvgIpc) is 2.33. The Kier molecular flexibility index (Phi) is 7.16. The van der Waals surface area contributed by atoms with Gasteiger partial charge in [-0.1, -0.05) is 13.3 Å². The fourth-order valence-electron chi connectivity index (χ4n) is 1.57. The van der Waals surface area contributed by atoms with E-state index < -0.39 is 22.9 Å². The number of carbonyl (C=O) groups excluding carboxylic acids is 2. The first-order valence-electron chi connectivity index (χ1n) is 6.20. The molecule has 6 nitrogen and oxygen atoms in total. The first kappa shape index (κ1) is 16.5. The SMILES string of the molecule is CCCCC(=O)[C@@](C)(CC[N+](=O)[O-])C(=O)OCC. The number of nitro groups is 1. The minimum Gasteiger partial charge on any atom is -0.465 e. The zero-order valence-electron chi connectivity index (χ0n) is 11.2. The zero-order chi connectivity index (χ0) is 14.2. The van der Waals surface area contributed by atoms with Crippen molar-refractivity contribution in [1.82, 2.24) is 0 Å². The normalized spacial score (nSPS) is 13.7. The Hall–Kier alpha value is -1.46. The van der Waals surface area contributed by atoms with Crippen LogP contribution in [0.5, 0.6) is 0 Å². The summed E-state index contributed by atoms with van der Waals surface area (Å²) in [6.07, 6.45) is 1.65. The molecule has 0 aromatic heterocycles. The molecule has 0 spiro atoms. The fourth-order valence-corrected chi connectivity index (χ4v) is 1.57. The Bertz CT molecular complexity index is 316. The molecule has 0 amide bonds. The Labute approximate surface area is 107 Å². The van der Waals surface area contributed by atoms with Gasteiger partial charge in [-0.2, -0.15) is 0 Å². The van der Waals surface area contributed by atoms with Crippen molar-refractivity contribution in [3.63, 3.8) is 0 Å². The van der Waals surface area contributed by atoms with E-state index in [4.69, 9.17) is 4.74 Å². The molecule has 0 aliphatic heterocycles. The van der Waals surface area contributed by atoms with E-state index in [1.54, 1.807) is 6.92 Å². The maximum atomic E-state index is 12.0. The lowest BCUT2D eigenvalue weighted by Crippen LogP contribution is -2.39. The lowest BCUT2D eigenvalue weighted by molar-refractivity contribution is -0.482. The second kappa shape index (κ2) is 7.79. The summed E-state index contributed by atoms with van der Waals surface area (Å²) in [5.41, 5.74) is -1.39. The van der Waals surface area contributed by atoms with E-state index >= 15 is 0 Å². The minimum atomic E-state index is -1.39. The van der Waals surface area contributed by atoms with Crippen LogP contribution in [0.25, 0.3) is 0 Å². The largest absolute Gasteiger partial charge is 0.465 e. The van der Waals surface area contributed by atoms with Crippen LogP contribution >= 0.6 is 0 Å². The lowest BCUT2D eigenvalue weighted by atomic mass is 9.80. The summed E-state index contributed by atoms with van der Waals surface area (Å²) >= 11 is 0. The quantitative estimate of drug-likeness (QED) is 0.273. The van der Waals surface area contributed by atoms with Crippen LogP contribution in [0.3, 0.4) is 0 Å². The molecule has 0 saturated heterocycles. The highest BCUT2D eigenvalue weighted by atomic mass is 16.6. The third-order valence-corrected chi connectivity index (χ3v) is 2.89. The highest BCUT2D eigenvalue weighted by molar-refractivity contribution is 6.03. The van der Waals surface area contributed by atoms with Gasteiger partial charge < -0.3 is 4.74 Å². The molecule has 0 unspecified atom stereocenters. The van der Waals surface area contributed by atoms with Gasteiger partial charge in [0.25, 0.3) is 0 Å². The van der Waals surface area contributed by atoms with Gasteiger partial charge >= 0.3 is 5.97 Å². The smallest absolute Gasteiger partial charge is 0.319 e. The van der Waals surface area contributed by atoms with Gasteiger partial charge in [-0.25, -0.2) is 0 Å². The van der Waals surface area contributed by atoms with Crippen molar-refractivity contribution in [2.45, 2.75) is 46.5 Å². The Balaban J connectivity index is 4.82. The summed E-state index contributed by atoms with van der Waals surface area (Å²) in [6, 6.07) is 0. The summed E-state index contributed by atoms with van der Waals surface area (Å²) in [5.74, 6) is -0.933. The number of rotatable bonds is 9. The van der Waals surface area contributed by atoms with E-state index in [0.717, 1.165) is 6.42 Å². The van der Waals surface area contributed by atoms with Crippen molar-refractivity contribution in [2.75, 3.05) is 13.2 Å². The van der Waals surface area contributed by atoms with Crippen molar-refractivity contribution in [2.24, 2.45) is 5.41 Å². The highest BCUT2D eigenvalue weighted by Gasteiger charge is 2.42. The number of esters is 1. The third-order valence-electron chi connectivity index (χ3n) is 2.89. The number of hydrogen-bond acceptors (Lipinski definition) is 5. The van der Waals surface area contributed by atoms with E-state index in [1.165, 1.54) is 6.92 Å². The Morgan fingerprint density at radius 3 is 2.39 bits per heavy atom. The molecule has 0 aromatic rings. The molecule has 0 heterocycles. The molecule has 0 aliphatic carbocycles. The highest BCUT2D eigenvalue weighted by Crippen LogP contribution is 2.27. The van der Waals surface area contributed by atoms with Gasteiger partial charge in [-0.05, 0) is 20.3 Å². The molecule has 0 aromatic carbocycles. The first-order chi connectivity index (χ1) is 8.38. The van der Waals surface area contributed by atoms with Crippen molar-refractivity contribution in [3.05, 3.63) is 10.1 Å². The van der Waals surface area contributed by atoms with E-state index in [0.29, 0.717) is 6.42 Å². The molecule has 0 saturated carbocycles. The number of ketones is 1. The molecule has 0 rings (SSSR count). The van der Waals surface area contributed by atoms with Gasteiger partial charge in [-0.3, -0.25) is 19.7 Å². The summed E-state index contributed by atoms with van der Waals surface area (Å²) in [5, 5.41) is 10.4. The van der Waals surface area contributed by atoms with Crippen LogP contribution in [-0.2, 0) is 14.3 Å². The van der Waals surface area contributed by atoms with Gasteiger partial charge in [0.1, 0.15) is 11.2 Å². The number of ether oxygens (including phenoxy) is 1. The zero-order valence-corrected chi connectivity index (χ0v) is 11.2. The van der Waals surface area contributed by atoms with E-state index in [2.05, 4.69) is 0 Å². The van der Waals surface area contributed by atoms with Gasteiger partial charge in [0.2, 0.25) is 6.54 Å². The molecule has 0 aliphatic rings. The van der Waals surface area contributed by atoms with Crippen LogP contribution < -0.4 is 0 Å². The third kappa shape index (κ3) is 4.81. The molecular formula is C12H21NO5. The fraction of sp³-hybridized carbons (Fsp3) is 0.833. The maximum Gasteiger partial charge on any atom is 0.319 e. The average molecular weight is 259 g/mol. The van der Waals surface area contributed by atoms with Gasteiger partial charge in [0.05, 0.1) is 6.61 Å². The first-order valence-corrected chi connectivity index (χ1v) is 6.20. The van der Waals surface area contributed by atoms with Crippen molar-refractivity contribution >= 4 is 11.8 Å². The molecule has 1 atom stereocenters. The summed E-state index contributed by atoms with van der Waals surface area (Å²) in [6.45, 7) is 4.77. The van der Waals surface area contributed by atoms with E-state index in [9.17, 15) is 19.7 Å². The molecule has 0 N–H and O–H groups in total. The monoisotopic (exact) mass is 259 g/mol. The number of nitrogens with zero attached hydrogens (tertiary/aromatic N) is 1. The van der Waals surface area contributed by atoms with Crippen LogP contribution in [0.4, 0.5) is 0 Å². The van der Waals surface area contributed by atoms with Crippen molar-refractivity contribution in [3.8, 4) is 0 Å². The lowest BCUT2D eigenvalue weighted by Gasteiger charge is -2.24. The molecule has 104 valence electrons. The van der Waals surface area contributed by atoms with Crippen LogP contribution in [0, 0.1) is 15.5 Å². The molecule has 0 fully saturated rings. The summed E-state index contributed by atoms with van der Waals surface area (Å²) in [4.78, 5) is 33.7. The second-order valence-electron chi connectivity index (χ2n) is 4.39. The molecule has 6 heteroatoms. The van der Waals surface area contributed by atoms with Crippen LogP contribution in [0.2, 0.25) is 0 Å². The maximum absolute atomic E-state index is 12.0. The summed E-state index contributed by atoms with van der Waals surface area (Å²) in [7, 11) is 0. The number of Topliss-reactive ketones (excluding diaryl/α,β-unsaturated/α-hetero) is 1. The molecular weight excluding hydrogens is 238 g/mol. The number of carbonyl (C=O) groups is 2. The topological polar surface area (TPSA) is 86.5 Å². The van der Waals surface area contributed by atoms with Crippen molar-refractivity contribution in [1.29, 1.82) is 0 Å². The van der Waals surface area contributed by atoms with Crippen LogP contribution in [0.15, 0.2) is 0 Å². The van der Waals surface area contributed by atoms with E-state index in [1.807, 2.05) is 6.92 Å². The standard InChI is InChI=1S/C12H21NO5/c1-4-6-7-10(14)12(3,8-9-13(16)17)11(15)18-5-2/h4-9H2,1-3H3/t12-/m1/s1. The minimum absolute atomic E-state index is 0.110. The summed E-state index contributed by atoms with van der Waals surface area (Å²) < 4.78 is 4.86. The Morgan fingerprint density at radius 2 is 1.94 bits per heavy atom. The number of unbranched alkanes of at least 4 members (excludes halogenated alkanes) is 1. The predicted molar refractivity (Wildman–Crippen MR) is 65.8 cm³/mol. The van der Waals surface area contributed by atoms with E-state index in [-0.39, 0.29) is 25.2 Å². The van der Waals surface area contributed by atoms with Crippen LogP contribution in [-0.4, -0.2) is 29.8 Å². The van der Waals surface area contributed by atoms with Crippen molar-refractivity contribution < 1.29 is 19.2 Å². The molecule has 0 radical (unpaired) electrons. The van der Waals surface area contributed by atoms with Gasteiger partial charge in [-0.15, -0.1) is 0 Å². The molecule has 18 heavy (non-hydrogen) atoms. The Morgan fingerprint density at radius 1 is 1.33 bits per heavy atom. The van der Waals surface area contributed by atoms with Gasteiger partial charge in [0, 0.05) is 17.8 Å². The number of hydrogen-bond donors (Lipinski definition) is 0. The predicted octanol–water partition coefficient (Wildman–Crippen LogP) is 1.98. The van der Waals surface area contributed by atoms with Crippen LogP contribution in [0.1, 0.15) is 46.5 Å². The molecule has 0 bridgehead atoms. The second-order valence-corrected chi connectivity index (χ2v) is 4.39. The van der Waals surface area contributed by atoms with Gasteiger partial charge in [0.15, 0.2) is 0 Å².